The molecule has 1 aliphatic heterocycles. The Hall–Kier alpha value is -2.90. The van der Waals surface area contributed by atoms with Gasteiger partial charge in [0.2, 0.25) is 5.91 Å². The normalized spacial score (nSPS) is 15.7. The van der Waals surface area contributed by atoms with Gasteiger partial charge in [0.1, 0.15) is 24.2 Å². The molecule has 1 fully saturated rings. The Bertz CT molecular complexity index is 1100. The van der Waals surface area contributed by atoms with Gasteiger partial charge in [-0.3, -0.25) is 9.69 Å². The van der Waals surface area contributed by atoms with E-state index in [2.05, 4.69) is 17.3 Å². The highest BCUT2D eigenvalue weighted by Gasteiger charge is 2.20. The summed E-state index contributed by atoms with van der Waals surface area (Å²) in [5.74, 6) is 0.341. The topological polar surface area (TPSA) is 81.0 Å². The quantitative estimate of drug-likeness (QED) is 0.470. The van der Waals surface area contributed by atoms with E-state index in [0.29, 0.717) is 19.1 Å². The van der Waals surface area contributed by atoms with Crippen LogP contribution in [0.5, 0.6) is 5.75 Å². The number of hydrogen-bond acceptors (Lipinski definition) is 6. The van der Waals surface area contributed by atoms with Gasteiger partial charge in [0.15, 0.2) is 0 Å². The van der Waals surface area contributed by atoms with Gasteiger partial charge in [0.05, 0.1) is 6.26 Å². The summed E-state index contributed by atoms with van der Waals surface area (Å²) in [6.45, 7) is 3.15. The first kappa shape index (κ1) is 23.3. The van der Waals surface area contributed by atoms with Crippen molar-refractivity contribution in [3.05, 3.63) is 42.2 Å². The lowest BCUT2D eigenvalue weighted by Crippen LogP contribution is -2.38. The van der Waals surface area contributed by atoms with Crippen LogP contribution in [0.4, 0.5) is 0 Å². The van der Waals surface area contributed by atoms with E-state index in [9.17, 15) is 9.59 Å². The SMILES string of the molecule is CNC(=O)CCC(C=O)c1coc2ccc3cc(OCCN(C)C4CCOCC4)ccc3c12. The van der Waals surface area contributed by atoms with Crippen LogP contribution in [-0.2, 0) is 14.3 Å². The van der Waals surface area contributed by atoms with E-state index in [-0.39, 0.29) is 12.3 Å². The average molecular weight is 453 g/mol. The van der Waals surface area contributed by atoms with E-state index >= 15 is 0 Å². The van der Waals surface area contributed by atoms with E-state index in [1.54, 1.807) is 13.3 Å². The molecule has 33 heavy (non-hydrogen) atoms. The zero-order valence-electron chi connectivity index (χ0n) is 19.3. The van der Waals surface area contributed by atoms with Crippen molar-refractivity contribution >= 4 is 33.9 Å². The largest absolute Gasteiger partial charge is 0.492 e. The Labute approximate surface area is 194 Å². The predicted octanol–water partition coefficient (Wildman–Crippen LogP) is 3.88. The minimum absolute atomic E-state index is 0.0798. The molecule has 1 atom stereocenters. The number of ether oxygens (including phenoxy) is 2. The summed E-state index contributed by atoms with van der Waals surface area (Å²) >= 11 is 0. The molecule has 1 saturated heterocycles. The van der Waals surface area contributed by atoms with E-state index in [0.717, 1.165) is 71.9 Å². The Morgan fingerprint density at radius 3 is 2.85 bits per heavy atom. The summed E-state index contributed by atoms with van der Waals surface area (Å²) in [5, 5.41) is 5.56. The second-order valence-corrected chi connectivity index (χ2v) is 8.64. The summed E-state index contributed by atoms with van der Waals surface area (Å²) in [4.78, 5) is 25.8. The molecule has 1 N–H and O–H groups in total. The van der Waals surface area contributed by atoms with Gasteiger partial charge in [0.25, 0.3) is 0 Å². The lowest BCUT2D eigenvalue weighted by molar-refractivity contribution is -0.120. The van der Waals surface area contributed by atoms with Crippen LogP contribution in [0.1, 0.15) is 37.2 Å². The number of hydrogen-bond donors (Lipinski definition) is 1. The molecule has 1 aliphatic rings. The molecular weight excluding hydrogens is 420 g/mol. The number of carbonyl (C=O) groups excluding carboxylic acids is 2. The fraction of sp³-hybridized carbons (Fsp3) is 0.462. The van der Waals surface area contributed by atoms with Crippen molar-refractivity contribution in [2.75, 3.05) is 40.5 Å². The molecule has 0 radical (unpaired) electrons. The van der Waals surface area contributed by atoms with Gasteiger partial charge in [0, 0.05) is 56.1 Å². The number of nitrogens with zero attached hydrogens (tertiary/aromatic N) is 1. The highest BCUT2D eigenvalue weighted by Crippen LogP contribution is 2.36. The van der Waals surface area contributed by atoms with Gasteiger partial charge < -0.3 is 24.0 Å². The predicted molar refractivity (Wildman–Crippen MR) is 128 cm³/mol. The number of carbonyl (C=O) groups is 2. The molecule has 7 heteroatoms. The van der Waals surface area contributed by atoms with E-state index in [1.807, 2.05) is 30.3 Å². The Balaban J connectivity index is 1.49. The molecule has 0 spiro atoms. The maximum atomic E-state index is 11.8. The highest BCUT2D eigenvalue weighted by molar-refractivity contribution is 6.08. The van der Waals surface area contributed by atoms with Crippen LogP contribution in [0.3, 0.4) is 0 Å². The minimum Gasteiger partial charge on any atom is -0.492 e. The standard InChI is InChI=1S/C26H32N2O5/c1-27-25(30)8-4-19(16-29)23-17-33-24-7-3-18-15-21(5-6-22(18)26(23)24)32-14-11-28(2)20-9-12-31-13-10-20/h3,5-7,15-17,19-20H,4,8-14H2,1-2H3,(H,27,30). The second-order valence-electron chi connectivity index (χ2n) is 8.64. The van der Waals surface area contributed by atoms with Gasteiger partial charge in [-0.1, -0.05) is 6.07 Å². The van der Waals surface area contributed by atoms with Crippen molar-refractivity contribution in [1.29, 1.82) is 0 Å². The number of furan rings is 1. The summed E-state index contributed by atoms with van der Waals surface area (Å²) in [5.41, 5.74) is 1.55. The van der Waals surface area contributed by atoms with Crippen molar-refractivity contribution in [3.8, 4) is 5.75 Å². The first-order valence-corrected chi connectivity index (χ1v) is 11.6. The van der Waals surface area contributed by atoms with Crippen molar-refractivity contribution in [2.45, 2.75) is 37.6 Å². The maximum absolute atomic E-state index is 11.8. The molecule has 2 heterocycles. The number of likely N-dealkylation sites (N-methyl/N-ethyl adjacent to an activating group) is 1. The van der Waals surface area contributed by atoms with Crippen molar-refractivity contribution in [2.24, 2.45) is 0 Å². The fourth-order valence-electron chi connectivity index (χ4n) is 4.56. The number of fused-ring (bicyclic) bond motifs is 3. The van der Waals surface area contributed by atoms with Gasteiger partial charge in [-0.2, -0.15) is 0 Å². The lowest BCUT2D eigenvalue weighted by Gasteiger charge is -2.31. The number of nitrogens with one attached hydrogen (secondary N) is 1. The number of benzene rings is 2. The van der Waals surface area contributed by atoms with Gasteiger partial charge in [-0.15, -0.1) is 0 Å². The molecule has 1 unspecified atom stereocenters. The number of amides is 1. The lowest BCUT2D eigenvalue weighted by atomic mass is 9.92. The van der Waals surface area contributed by atoms with E-state index < -0.39 is 5.92 Å². The molecule has 7 nitrogen and oxygen atoms in total. The van der Waals surface area contributed by atoms with Crippen LogP contribution < -0.4 is 10.1 Å². The summed E-state index contributed by atoms with van der Waals surface area (Å²) in [7, 11) is 3.74. The molecule has 176 valence electrons. The number of aldehydes is 1. The Kier molecular flexibility index (Phi) is 7.62. The third-order valence-electron chi connectivity index (χ3n) is 6.61. The summed E-state index contributed by atoms with van der Waals surface area (Å²) < 4.78 is 17.2. The zero-order valence-corrected chi connectivity index (χ0v) is 19.3. The van der Waals surface area contributed by atoms with E-state index in [1.165, 1.54) is 0 Å². The van der Waals surface area contributed by atoms with Crippen LogP contribution in [-0.4, -0.2) is 63.6 Å². The third-order valence-corrected chi connectivity index (χ3v) is 6.61. The van der Waals surface area contributed by atoms with Crippen molar-refractivity contribution in [1.82, 2.24) is 10.2 Å². The van der Waals surface area contributed by atoms with Crippen LogP contribution >= 0.6 is 0 Å². The third kappa shape index (κ3) is 5.37. The van der Waals surface area contributed by atoms with E-state index in [4.69, 9.17) is 13.9 Å². The molecule has 4 rings (SSSR count). The first-order chi connectivity index (χ1) is 16.1. The van der Waals surface area contributed by atoms with Crippen molar-refractivity contribution < 1.29 is 23.5 Å². The Morgan fingerprint density at radius 2 is 2.09 bits per heavy atom. The molecule has 3 aromatic rings. The first-order valence-electron chi connectivity index (χ1n) is 11.6. The molecular formula is C26H32N2O5. The fourth-order valence-corrected chi connectivity index (χ4v) is 4.56. The van der Waals surface area contributed by atoms with Gasteiger partial charge >= 0.3 is 0 Å². The van der Waals surface area contributed by atoms with Crippen LogP contribution in [0, 0.1) is 0 Å². The average Bonchev–Trinajstić information content (AvgIpc) is 3.29. The smallest absolute Gasteiger partial charge is 0.219 e. The number of rotatable bonds is 10. The summed E-state index contributed by atoms with van der Waals surface area (Å²) in [6, 6.07) is 10.5. The second kappa shape index (κ2) is 10.8. The maximum Gasteiger partial charge on any atom is 0.219 e. The highest BCUT2D eigenvalue weighted by atomic mass is 16.5. The van der Waals surface area contributed by atoms with Gasteiger partial charge in [-0.25, -0.2) is 0 Å². The molecule has 0 aliphatic carbocycles. The molecule has 2 aromatic carbocycles. The van der Waals surface area contributed by atoms with Crippen molar-refractivity contribution in [3.63, 3.8) is 0 Å². The van der Waals surface area contributed by atoms with Crippen LogP contribution in [0.25, 0.3) is 21.7 Å². The minimum atomic E-state index is -0.397. The zero-order chi connectivity index (χ0) is 23.2. The summed E-state index contributed by atoms with van der Waals surface area (Å²) in [6.07, 6.45) is 5.41. The van der Waals surface area contributed by atoms with Crippen LogP contribution in [0.2, 0.25) is 0 Å². The molecule has 0 saturated carbocycles. The Morgan fingerprint density at radius 1 is 1.27 bits per heavy atom. The molecule has 1 aromatic heterocycles. The molecule has 1 amide bonds. The monoisotopic (exact) mass is 452 g/mol. The van der Waals surface area contributed by atoms with Crippen LogP contribution in [0.15, 0.2) is 41.0 Å². The van der Waals surface area contributed by atoms with Gasteiger partial charge in [-0.05, 0) is 61.3 Å². The molecule has 0 bridgehead atoms.